The Morgan fingerprint density at radius 2 is 2.33 bits per heavy atom. The Morgan fingerprint density at radius 1 is 1.62 bits per heavy atom. The fourth-order valence-electron chi connectivity index (χ4n) is 1.39. The monoisotopic (exact) mass is 308 g/mol. The van der Waals surface area contributed by atoms with Gasteiger partial charge in [0.05, 0.1) is 13.0 Å². The zero-order valence-corrected chi connectivity index (χ0v) is 10.8. The number of hydrogen-bond acceptors (Lipinski definition) is 6. The van der Waals surface area contributed by atoms with Crippen LogP contribution in [0.2, 0.25) is 0 Å². The maximum atomic E-state index is 13.5. The van der Waals surface area contributed by atoms with Crippen molar-refractivity contribution in [3.8, 4) is 0 Å². The lowest BCUT2D eigenvalue weighted by molar-refractivity contribution is -0.393. The van der Waals surface area contributed by atoms with Crippen molar-refractivity contribution >= 4 is 11.9 Å². The Kier molecular flexibility index (Phi) is 6.11. The summed E-state index contributed by atoms with van der Waals surface area (Å²) in [4.78, 5) is 26.1. The quantitative estimate of drug-likeness (QED) is 0.421. The van der Waals surface area contributed by atoms with Crippen LogP contribution in [0, 0.1) is 10.1 Å². The predicted molar refractivity (Wildman–Crippen MR) is 64.8 cm³/mol. The molecule has 0 aliphatic carbocycles. The van der Waals surface area contributed by atoms with Crippen LogP contribution in [0.25, 0.3) is 0 Å². The van der Waals surface area contributed by atoms with Crippen molar-refractivity contribution in [3.63, 3.8) is 0 Å². The molecule has 1 amide bonds. The summed E-state index contributed by atoms with van der Waals surface area (Å²) in [6, 6.07) is 0. The molecule has 0 radical (unpaired) electrons. The molecule has 0 spiro atoms. The molecule has 0 aliphatic heterocycles. The number of carbonyl (C=O) groups is 1. The maximum Gasteiger partial charge on any atom is 0.432 e. The van der Waals surface area contributed by atoms with Crippen molar-refractivity contribution in [2.24, 2.45) is 0 Å². The number of amides is 1. The molecule has 1 aromatic heterocycles. The topological polar surface area (TPSA) is 130 Å². The number of halogens is 2. The number of hydrogen-bond donors (Lipinski definition) is 3. The second-order valence-corrected chi connectivity index (χ2v) is 4.07. The molecule has 0 unspecified atom stereocenters. The molecule has 0 fully saturated rings. The number of alkyl halides is 2. The SMILES string of the molecule is O=C(COCC(F)(F)Cc1c[nH]c([N+](=O)[O-])n1)NCCO. The highest BCUT2D eigenvalue weighted by molar-refractivity contribution is 5.77. The molecule has 9 nitrogen and oxygen atoms in total. The number of nitrogens with zero attached hydrogens (tertiary/aromatic N) is 2. The number of aliphatic hydroxyl groups is 1. The molecular weight excluding hydrogens is 294 g/mol. The van der Waals surface area contributed by atoms with E-state index in [2.05, 4.69) is 20.0 Å². The van der Waals surface area contributed by atoms with Crippen LogP contribution in [0.15, 0.2) is 6.20 Å². The lowest BCUT2D eigenvalue weighted by Gasteiger charge is -2.14. The maximum absolute atomic E-state index is 13.5. The molecule has 118 valence electrons. The molecule has 0 aromatic carbocycles. The highest BCUT2D eigenvalue weighted by Gasteiger charge is 2.33. The third-order valence-electron chi connectivity index (χ3n) is 2.21. The van der Waals surface area contributed by atoms with Gasteiger partial charge in [0.15, 0.2) is 5.69 Å². The normalized spacial score (nSPS) is 11.4. The number of ether oxygens (including phenoxy) is 1. The van der Waals surface area contributed by atoms with Gasteiger partial charge in [0.1, 0.15) is 19.4 Å². The van der Waals surface area contributed by atoms with Gasteiger partial charge in [0.25, 0.3) is 5.92 Å². The van der Waals surface area contributed by atoms with E-state index < -0.39 is 42.3 Å². The minimum absolute atomic E-state index is 0.00945. The molecule has 1 rings (SSSR count). The number of imidazole rings is 1. The van der Waals surface area contributed by atoms with E-state index >= 15 is 0 Å². The fraction of sp³-hybridized carbons (Fsp3) is 0.600. The Hall–Kier alpha value is -2.14. The lowest BCUT2D eigenvalue weighted by Crippen LogP contribution is -2.33. The molecule has 3 N–H and O–H groups in total. The van der Waals surface area contributed by atoms with Gasteiger partial charge in [-0.15, -0.1) is 0 Å². The smallest absolute Gasteiger partial charge is 0.395 e. The highest BCUT2D eigenvalue weighted by atomic mass is 19.3. The number of nitro groups is 1. The fourth-order valence-corrected chi connectivity index (χ4v) is 1.39. The number of carbonyl (C=O) groups excluding carboxylic acids is 1. The van der Waals surface area contributed by atoms with Crippen LogP contribution in [0.1, 0.15) is 5.69 Å². The summed E-state index contributed by atoms with van der Waals surface area (Å²) in [5.74, 6) is -4.57. The molecule has 11 heteroatoms. The third-order valence-corrected chi connectivity index (χ3v) is 2.21. The van der Waals surface area contributed by atoms with Crippen LogP contribution in [-0.2, 0) is 16.0 Å². The summed E-state index contributed by atoms with van der Waals surface area (Å²) in [7, 11) is 0. The molecule has 0 aliphatic rings. The van der Waals surface area contributed by atoms with Crippen LogP contribution >= 0.6 is 0 Å². The predicted octanol–water partition coefficient (Wildman–Crippen LogP) is -0.379. The molecule has 21 heavy (non-hydrogen) atoms. The van der Waals surface area contributed by atoms with Gasteiger partial charge in [0.2, 0.25) is 5.91 Å². The molecule has 0 bridgehead atoms. The summed E-state index contributed by atoms with van der Waals surface area (Å²) in [6.45, 7) is -1.86. The zero-order chi connectivity index (χ0) is 15.9. The molecule has 1 heterocycles. The van der Waals surface area contributed by atoms with Gasteiger partial charge in [0, 0.05) is 6.54 Å². The summed E-state index contributed by atoms with van der Waals surface area (Å²) >= 11 is 0. The van der Waals surface area contributed by atoms with E-state index in [-0.39, 0.29) is 18.8 Å². The molecular formula is C10H14F2N4O5. The van der Waals surface area contributed by atoms with E-state index in [0.717, 1.165) is 6.20 Å². The van der Waals surface area contributed by atoms with Crippen LogP contribution in [0.3, 0.4) is 0 Å². The minimum Gasteiger partial charge on any atom is -0.395 e. The van der Waals surface area contributed by atoms with E-state index in [1.54, 1.807) is 0 Å². The number of rotatable bonds is 9. The Bertz CT molecular complexity index is 494. The highest BCUT2D eigenvalue weighted by Crippen LogP contribution is 2.20. The first-order valence-electron chi connectivity index (χ1n) is 5.86. The van der Waals surface area contributed by atoms with Gasteiger partial charge in [-0.2, -0.15) is 0 Å². The van der Waals surface area contributed by atoms with Crippen molar-refractivity contribution in [3.05, 3.63) is 22.0 Å². The van der Waals surface area contributed by atoms with Crippen LogP contribution in [0.4, 0.5) is 14.7 Å². The van der Waals surface area contributed by atoms with Crippen LogP contribution in [0.5, 0.6) is 0 Å². The average Bonchev–Trinajstić information content (AvgIpc) is 2.84. The van der Waals surface area contributed by atoms with Gasteiger partial charge in [-0.05, 0) is 4.92 Å². The van der Waals surface area contributed by atoms with E-state index in [1.807, 2.05) is 0 Å². The average molecular weight is 308 g/mol. The van der Waals surface area contributed by atoms with E-state index in [1.165, 1.54) is 0 Å². The number of nitrogens with one attached hydrogen (secondary N) is 2. The Labute approximate surface area is 117 Å². The van der Waals surface area contributed by atoms with Crippen molar-refractivity contribution in [1.29, 1.82) is 0 Å². The second kappa shape index (κ2) is 7.59. The molecule has 0 saturated carbocycles. The van der Waals surface area contributed by atoms with Crippen molar-refractivity contribution in [2.45, 2.75) is 12.3 Å². The van der Waals surface area contributed by atoms with Crippen molar-refractivity contribution < 1.29 is 28.3 Å². The minimum atomic E-state index is -3.32. The first-order chi connectivity index (χ1) is 9.84. The number of aliphatic hydroxyl groups excluding tert-OH is 1. The van der Waals surface area contributed by atoms with E-state index in [0.29, 0.717) is 0 Å². The van der Waals surface area contributed by atoms with E-state index in [4.69, 9.17) is 5.11 Å². The largest absolute Gasteiger partial charge is 0.432 e. The van der Waals surface area contributed by atoms with Crippen molar-refractivity contribution in [1.82, 2.24) is 15.3 Å². The van der Waals surface area contributed by atoms with Gasteiger partial charge in [-0.25, -0.2) is 13.8 Å². The number of aromatic nitrogens is 2. The Balaban J connectivity index is 2.38. The molecule has 1 aromatic rings. The van der Waals surface area contributed by atoms with Crippen LogP contribution in [-0.4, -0.2) is 58.2 Å². The van der Waals surface area contributed by atoms with Crippen molar-refractivity contribution in [2.75, 3.05) is 26.4 Å². The standard InChI is InChI=1S/C10H14F2N4O5/c11-10(12,6-21-5-8(18)13-1-2-17)3-7-4-14-9(15-7)16(19)20/h4,17H,1-3,5-6H2,(H,13,18)(H,14,15). The summed E-state index contributed by atoms with van der Waals surface area (Å²) in [5.41, 5.74) is -0.181. The number of aromatic amines is 1. The van der Waals surface area contributed by atoms with Gasteiger partial charge in [-0.3, -0.25) is 4.79 Å². The van der Waals surface area contributed by atoms with Gasteiger partial charge in [-0.1, -0.05) is 4.98 Å². The number of H-pyrrole nitrogens is 1. The summed E-state index contributed by atoms with van der Waals surface area (Å²) < 4.78 is 31.6. The lowest BCUT2D eigenvalue weighted by atomic mass is 10.2. The van der Waals surface area contributed by atoms with Gasteiger partial charge >= 0.3 is 5.95 Å². The second-order valence-electron chi connectivity index (χ2n) is 4.07. The first kappa shape index (κ1) is 16.9. The van der Waals surface area contributed by atoms with E-state index in [9.17, 15) is 23.7 Å². The van der Waals surface area contributed by atoms with Crippen LogP contribution < -0.4 is 5.32 Å². The Morgan fingerprint density at radius 3 is 2.90 bits per heavy atom. The summed E-state index contributed by atoms with van der Waals surface area (Å²) in [6.07, 6.45) is 0.162. The zero-order valence-electron chi connectivity index (χ0n) is 10.8. The summed E-state index contributed by atoms with van der Waals surface area (Å²) in [5, 5.41) is 21.0. The molecule has 0 saturated heterocycles. The third kappa shape index (κ3) is 6.23. The van der Waals surface area contributed by atoms with Gasteiger partial charge < -0.3 is 25.3 Å². The first-order valence-corrected chi connectivity index (χ1v) is 5.86. The molecule has 0 atom stereocenters.